The highest BCUT2D eigenvalue weighted by Gasteiger charge is 2.46. The lowest BCUT2D eigenvalue weighted by Crippen LogP contribution is -2.46. The first-order valence-corrected chi connectivity index (χ1v) is 6.96. The van der Waals surface area contributed by atoms with Crippen molar-refractivity contribution < 1.29 is 9.53 Å². The van der Waals surface area contributed by atoms with Gasteiger partial charge < -0.3 is 15.0 Å². The van der Waals surface area contributed by atoms with E-state index in [4.69, 9.17) is 4.74 Å². The van der Waals surface area contributed by atoms with Crippen LogP contribution in [0, 0.1) is 11.3 Å². The van der Waals surface area contributed by atoms with Crippen molar-refractivity contribution >= 4 is 5.91 Å². The third-order valence-corrected chi connectivity index (χ3v) is 4.69. The van der Waals surface area contributed by atoms with Gasteiger partial charge in [0.05, 0.1) is 19.8 Å². The maximum atomic E-state index is 12.2. The van der Waals surface area contributed by atoms with Gasteiger partial charge in [0.15, 0.2) is 0 Å². The molecular formula is C13H23N3O2. The minimum atomic E-state index is 0.273. The minimum absolute atomic E-state index is 0.273. The highest BCUT2D eigenvalue weighted by atomic mass is 16.5. The van der Waals surface area contributed by atoms with Crippen molar-refractivity contribution in [3.8, 4) is 0 Å². The van der Waals surface area contributed by atoms with Gasteiger partial charge in [-0.25, -0.2) is 0 Å². The first kappa shape index (κ1) is 12.4. The Kier molecular flexibility index (Phi) is 3.30. The SMILES string of the molecule is CC12CNCC1CN(CC(=O)N1CCOCC1)C2. The fourth-order valence-corrected chi connectivity index (χ4v) is 3.50. The molecule has 3 aliphatic heterocycles. The van der Waals surface area contributed by atoms with Gasteiger partial charge in [-0.05, 0) is 17.9 Å². The number of ether oxygens (including phenoxy) is 1. The van der Waals surface area contributed by atoms with Gasteiger partial charge in [0.1, 0.15) is 0 Å². The fraction of sp³-hybridized carbons (Fsp3) is 0.923. The molecule has 0 aromatic rings. The number of carbonyl (C=O) groups is 1. The summed E-state index contributed by atoms with van der Waals surface area (Å²) in [5.74, 6) is 0.991. The van der Waals surface area contributed by atoms with Crippen LogP contribution in [0.25, 0.3) is 0 Å². The van der Waals surface area contributed by atoms with Gasteiger partial charge >= 0.3 is 0 Å². The fourth-order valence-electron chi connectivity index (χ4n) is 3.50. The van der Waals surface area contributed by atoms with E-state index in [1.54, 1.807) is 0 Å². The Morgan fingerprint density at radius 2 is 2.22 bits per heavy atom. The van der Waals surface area contributed by atoms with E-state index in [1.807, 2.05) is 4.90 Å². The monoisotopic (exact) mass is 253 g/mol. The zero-order valence-corrected chi connectivity index (χ0v) is 11.2. The average Bonchev–Trinajstić information content (AvgIpc) is 2.84. The molecule has 0 aliphatic carbocycles. The van der Waals surface area contributed by atoms with Crippen LogP contribution in [-0.2, 0) is 9.53 Å². The van der Waals surface area contributed by atoms with Crippen LogP contribution in [0.2, 0.25) is 0 Å². The van der Waals surface area contributed by atoms with E-state index in [-0.39, 0.29) is 5.91 Å². The van der Waals surface area contributed by atoms with Gasteiger partial charge in [-0.1, -0.05) is 6.92 Å². The Balaban J connectivity index is 1.53. The molecule has 0 bridgehead atoms. The first-order chi connectivity index (χ1) is 8.67. The van der Waals surface area contributed by atoms with Crippen LogP contribution in [0.5, 0.6) is 0 Å². The normalized spacial score (nSPS) is 36.9. The molecule has 0 radical (unpaired) electrons. The van der Waals surface area contributed by atoms with Crippen molar-refractivity contribution in [3.63, 3.8) is 0 Å². The topological polar surface area (TPSA) is 44.8 Å². The molecular weight excluding hydrogens is 230 g/mol. The predicted molar refractivity (Wildman–Crippen MR) is 68.3 cm³/mol. The van der Waals surface area contributed by atoms with Crippen LogP contribution in [0.4, 0.5) is 0 Å². The third kappa shape index (κ3) is 2.27. The second kappa shape index (κ2) is 4.79. The number of morpholine rings is 1. The third-order valence-electron chi connectivity index (χ3n) is 4.69. The summed E-state index contributed by atoms with van der Waals surface area (Å²) in [4.78, 5) is 16.5. The second-order valence-corrected chi connectivity index (χ2v) is 6.14. The molecule has 18 heavy (non-hydrogen) atoms. The maximum Gasteiger partial charge on any atom is 0.236 e. The zero-order chi connectivity index (χ0) is 12.6. The minimum Gasteiger partial charge on any atom is -0.378 e. The summed E-state index contributed by atoms with van der Waals surface area (Å²) < 4.78 is 5.28. The molecule has 0 aromatic carbocycles. The van der Waals surface area contributed by atoms with E-state index >= 15 is 0 Å². The smallest absolute Gasteiger partial charge is 0.236 e. The quantitative estimate of drug-likeness (QED) is 0.713. The molecule has 0 spiro atoms. The van der Waals surface area contributed by atoms with Crippen molar-refractivity contribution in [1.82, 2.24) is 15.1 Å². The van der Waals surface area contributed by atoms with E-state index in [1.165, 1.54) is 0 Å². The summed E-state index contributed by atoms with van der Waals surface area (Å²) >= 11 is 0. The number of hydrogen-bond donors (Lipinski definition) is 1. The Labute approximate surface area is 108 Å². The van der Waals surface area contributed by atoms with Crippen LogP contribution in [-0.4, -0.2) is 74.7 Å². The molecule has 3 saturated heterocycles. The summed E-state index contributed by atoms with van der Waals surface area (Å²) in [7, 11) is 0. The molecule has 2 unspecified atom stereocenters. The summed E-state index contributed by atoms with van der Waals surface area (Å²) in [6, 6.07) is 0. The second-order valence-electron chi connectivity index (χ2n) is 6.14. The molecule has 102 valence electrons. The van der Waals surface area contributed by atoms with Crippen LogP contribution >= 0.6 is 0 Å². The molecule has 3 rings (SSSR count). The zero-order valence-electron chi connectivity index (χ0n) is 11.2. The lowest BCUT2D eigenvalue weighted by molar-refractivity contribution is -0.136. The number of nitrogens with one attached hydrogen (secondary N) is 1. The molecule has 3 aliphatic rings. The number of carbonyl (C=O) groups excluding carboxylic acids is 1. The Morgan fingerprint density at radius 3 is 2.94 bits per heavy atom. The van der Waals surface area contributed by atoms with Gasteiger partial charge in [0.2, 0.25) is 5.91 Å². The molecule has 1 N–H and O–H groups in total. The summed E-state index contributed by atoms with van der Waals surface area (Å²) in [6.07, 6.45) is 0. The van der Waals surface area contributed by atoms with Crippen LogP contribution in [0.3, 0.4) is 0 Å². The molecule has 0 aromatic heterocycles. The number of fused-ring (bicyclic) bond motifs is 1. The van der Waals surface area contributed by atoms with E-state index in [2.05, 4.69) is 17.1 Å². The summed E-state index contributed by atoms with van der Waals surface area (Å²) in [5, 5.41) is 3.46. The van der Waals surface area contributed by atoms with Crippen molar-refractivity contribution in [2.45, 2.75) is 6.92 Å². The Morgan fingerprint density at radius 1 is 1.44 bits per heavy atom. The van der Waals surface area contributed by atoms with Gasteiger partial charge in [-0.15, -0.1) is 0 Å². The van der Waals surface area contributed by atoms with Crippen molar-refractivity contribution in [1.29, 1.82) is 0 Å². The van der Waals surface area contributed by atoms with E-state index in [9.17, 15) is 4.79 Å². The van der Waals surface area contributed by atoms with Gasteiger partial charge in [0.25, 0.3) is 0 Å². The Hall–Kier alpha value is -0.650. The number of rotatable bonds is 2. The standard InChI is InChI=1S/C13H23N3O2/c1-13-9-14-6-11(13)7-15(10-13)8-12(17)16-2-4-18-5-3-16/h11,14H,2-10H2,1H3. The maximum absolute atomic E-state index is 12.2. The van der Waals surface area contributed by atoms with Gasteiger partial charge in [-0.2, -0.15) is 0 Å². The molecule has 5 heteroatoms. The highest BCUT2D eigenvalue weighted by Crippen LogP contribution is 2.37. The molecule has 1 amide bonds. The highest BCUT2D eigenvalue weighted by molar-refractivity contribution is 5.78. The number of likely N-dealkylation sites (tertiary alicyclic amines) is 1. The largest absolute Gasteiger partial charge is 0.378 e. The average molecular weight is 253 g/mol. The van der Waals surface area contributed by atoms with Crippen LogP contribution < -0.4 is 5.32 Å². The van der Waals surface area contributed by atoms with Gasteiger partial charge in [-0.3, -0.25) is 9.69 Å². The van der Waals surface area contributed by atoms with Gasteiger partial charge in [0, 0.05) is 32.7 Å². The predicted octanol–water partition coefficient (Wildman–Crippen LogP) is -0.613. The lowest BCUT2D eigenvalue weighted by Gasteiger charge is -2.29. The van der Waals surface area contributed by atoms with Crippen LogP contribution in [0.1, 0.15) is 6.92 Å². The number of nitrogens with zero attached hydrogens (tertiary/aromatic N) is 2. The number of amides is 1. The number of hydrogen-bond acceptors (Lipinski definition) is 4. The van der Waals surface area contributed by atoms with Crippen molar-refractivity contribution in [2.24, 2.45) is 11.3 Å². The van der Waals surface area contributed by atoms with E-state index in [0.717, 1.165) is 45.2 Å². The van der Waals surface area contributed by atoms with Crippen molar-refractivity contribution in [2.75, 3.05) is 59.0 Å². The first-order valence-electron chi connectivity index (χ1n) is 6.96. The summed E-state index contributed by atoms with van der Waals surface area (Å²) in [5.41, 5.74) is 0.380. The molecule has 5 nitrogen and oxygen atoms in total. The summed E-state index contributed by atoms with van der Waals surface area (Å²) in [6.45, 7) is 10.2. The molecule has 2 atom stereocenters. The molecule has 3 heterocycles. The molecule has 0 saturated carbocycles. The van der Waals surface area contributed by atoms with Crippen LogP contribution in [0.15, 0.2) is 0 Å². The van der Waals surface area contributed by atoms with E-state index in [0.29, 0.717) is 25.2 Å². The molecule has 3 fully saturated rings. The van der Waals surface area contributed by atoms with Crippen molar-refractivity contribution in [3.05, 3.63) is 0 Å². The lowest BCUT2D eigenvalue weighted by atomic mass is 9.83. The Bertz CT molecular complexity index is 330. The van der Waals surface area contributed by atoms with E-state index < -0.39 is 0 Å².